The number of hydrogen-bond donors (Lipinski definition) is 0. The van der Waals surface area contributed by atoms with Crippen molar-refractivity contribution in [3.8, 4) is 0 Å². The summed E-state index contributed by atoms with van der Waals surface area (Å²) in [6.45, 7) is 12.9. The fourth-order valence-corrected chi connectivity index (χ4v) is 2.27. The molecule has 80 valence electrons. The lowest BCUT2D eigenvalue weighted by atomic mass is 9.80. The number of allylic oxidation sites excluding steroid dienone is 2. The Labute approximate surface area is 88.3 Å². The number of rotatable bonds is 5. The van der Waals surface area contributed by atoms with E-state index >= 15 is 0 Å². The fraction of sp³-hybridized carbons (Fsp3) is 0.769. The molecular weight excluding hydrogens is 170 g/mol. The molecule has 0 saturated heterocycles. The van der Waals surface area contributed by atoms with E-state index in [9.17, 15) is 0 Å². The standard InChI is InChI=1S/C13H23N/c1-6-10(4)12(9(2)3)13(14-5)11-7-8-11/h9-10,12H,5-8H2,1-4H3. The molecule has 0 amide bonds. The van der Waals surface area contributed by atoms with Crippen LogP contribution in [0.5, 0.6) is 0 Å². The molecule has 14 heavy (non-hydrogen) atoms. The quantitative estimate of drug-likeness (QED) is 0.584. The van der Waals surface area contributed by atoms with E-state index in [0.717, 1.165) is 5.92 Å². The maximum atomic E-state index is 4.27. The summed E-state index contributed by atoms with van der Waals surface area (Å²) in [5, 5.41) is 0. The van der Waals surface area contributed by atoms with Gasteiger partial charge in [0.25, 0.3) is 0 Å². The first-order chi connectivity index (χ1) is 6.61. The van der Waals surface area contributed by atoms with Gasteiger partial charge in [-0.25, -0.2) is 0 Å². The maximum absolute atomic E-state index is 4.27. The Bertz CT molecular complexity index is 232. The van der Waals surface area contributed by atoms with Crippen molar-refractivity contribution < 1.29 is 0 Å². The van der Waals surface area contributed by atoms with Gasteiger partial charge in [-0.1, -0.05) is 34.1 Å². The first kappa shape index (κ1) is 11.5. The average molecular weight is 193 g/mol. The van der Waals surface area contributed by atoms with Crippen molar-refractivity contribution >= 4 is 6.72 Å². The Balaban J connectivity index is 2.86. The summed E-state index contributed by atoms with van der Waals surface area (Å²) in [6.07, 6.45) is 3.75. The Morgan fingerprint density at radius 1 is 1.36 bits per heavy atom. The van der Waals surface area contributed by atoms with E-state index in [1.165, 1.54) is 25.0 Å². The van der Waals surface area contributed by atoms with Crippen LogP contribution in [0.2, 0.25) is 0 Å². The lowest BCUT2D eigenvalue weighted by Gasteiger charge is -2.27. The first-order valence-corrected chi connectivity index (χ1v) is 5.80. The number of hydrogen-bond acceptors (Lipinski definition) is 1. The van der Waals surface area contributed by atoms with Crippen molar-refractivity contribution in [2.45, 2.75) is 47.0 Å². The normalized spacial score (nSPS) is 19.4. The highest BCUT2D eigenvalue weighted by Crippen LogP contribution is 2.41. The van der Waals surface area contributed by atoms with Gasteiger partial charge in [-0.3, -0.25) is 4.99 Å². The van der Waals surface area contributed by atoms with Gasteiger partial charge >= 0.3 is 0 Å². The molecule has 0 radical (unpaired) electrons. The van der Waals surface area contributed by atoms with Crippen molar-refractivity contribution in [3.63, 3.8) is 0 Å². The topological polar surface area (TPSA) is 12.4 Å². The molecule has 0 aromatic heterocycles. The molecule has 1 fully saturated rings. The van der Waals surface area contributed by atoms with E-state index < -0.39 is 0 Å². The summed E-state index contributed by atoms with van der Waals surface area (Å²) in [5.74, 6) is 2.03. The van der Waals surface area contributed by atoms with E-state index in [1.807, 2.05) is 0 Å². The molecular formula is C13H23N. The third-order valence-corrected chi connectivity index (χ3v) is 3.32. The molecule has 1 aliphatic carbocycles. The largest absolute Gasteiger partial charge is 0.269 e. The van der Waals surface area contributed by atoms with E-state index in [0.29, 0.717) is 11.8 Å². The lowest BCUT2D eigenvalue weighted by molar-refractivity contribution is 0.306. The second kappa shape index (κ2) is 4.77. The van der Waals surface area contributed by atoms with Crippen LogP contribution in [0.4, 0.5) is 0 Å². The van der Waals surface area contributed by atoms with Gasteiger partial charge in [0, 0.05) is 11.6 Å². The van der Waals surface area contributed by atoms with E-state index in [-0.39, 0.29) is 0 Å². The number of nitrogens with zero attached hydrogens (tertiary/aromatic N) is 1. The summed E-state index contributed by atoms with van der Waals surface area (Å²) in [7, 11) is 0. The highest BCUT2D eigenvalue weighted by Gasteiger charge is 2.29. The third kappa shape index (κ3) is 2.46. The Kier molecular flexibility index (Phi) is 3.91. The van der Waals surface area contributed by atoms with E-state index in [2.05, 4.69) is 39.4 Å². The smallest absolute Gasteiger partial charge is 0.0424 e. The van der Waals surface area contributed by atoms with Crippen LogP contribution < -0.4 is 0 Å². The zero-order chi connectivity index (χ0) is 10.7. The zero-order valence-corrected chi connectivity index (χ0v) is 10.0. The first-order valence-electron chi connectivity index (χ1n) is 5.80. The van der Waals surface area contributed by atoms with E-state index in [4.69, 9.17) is 0 Å². The van der Waals surface area contributed by atoms with Gasteiger partial charge in [0.1, 0.15) is 0 Å². The van der Waals surface area contributed by atoms with Gasteiger partial charge in [0.05, 0.1) is 0 Å². The van der Waals surface area contributed by atoms with Gasteiger partial charge in [-0.15, -0.1) is 0 Å². The Hall–Kier alpha value is -0.590. The van der Waals surface area contributed by atoms with Crippen molar-refractivity contribution in [3.05, 3.63) is 11.3 Å². The second-order valence-corrected chi connectivity index (χ2v) is 4.80. The molecule has 1 aliphatic rings. The predicted molar refractivity (Wildman–Crippen MR) is 63.6 cm³/mol. The lowest BCUT2D eigenvalue weighted by Crippen LogP contribution is -2.19. The monoisotopic (exact) mass is 193 g/mol. The van der Waals surface area contributed by atoms with Crippen LogP contribution in [0.25, 0.3) is 0 Å². The van der Waals surface area contributed by atoms with E-state index in [1.54, 1.807) is 5.57 Å². The summed E-state index contributed by atoms with van der Waals surface area (Å²) >= 11 is 0. The van der Waals surface area contributed by atoms with Crippen LogP contribution in [-0.2, 0) is 0 Å². The maximum Gasteiger partial charge on any atom is 0.0424 e. The van der Waals surface area contributed by atoms with Crippen molar-refractivity contribution in [1.29, 1.82) is 0 Å². The molecule has 0 aromatic rings. The van der Waals surface area contributed by atoms with Crippen LogP contribution in [0, 0.1) is 17.8 Å². The van der Waals surface area contributed by atoms with Crippen molar-refractivity contribution in [1.82, 2.24) is 0 Å². The van der Waals surface area contributed by atoms with Gasteiger partial charge in [-0.05, 0) is 37.0 Å². The highest BCUT2D eigenvalue weighted by atomic mass is 14.7. The van der Waals surface area contributed by atoms with Crippen LogP contribution in [0.3, 0.4) is 0 Å². The summed E-state index contributed by atoms with van der Waals surface area (Å²) in [6, 6.07) is 0. The summed E-state index contributed by atoms with van der Waals surface area (Å²) in [4.78, 5) is 4.27. The average Bonchev–Trinajstić information content (AvgIpc) is 2.95. The predicted octanol–water partition coefficient (Wildman–Crippen LogP) is 4.05. The third-order valence-electron chi connectivity index (χ3n) is 3.32. The van der Waals surface area contributed by atoms with Crippen LogP contribution in [0.15, 0.2) is 16.3 Å². The van der Waals surface area contributed by atoms with Crippen LogP contribution in [0.1, 0.15) is 47.0 Å². The molecule has 0 heterocycles. The van der Waals surface area contributed by atoms with Crippen LogP contribution >= 0.6 is 0 Å². The zero-order valence-electron chi connectivity index (χ0n) is 10.0. The summed E-state index contributed by atoms with van der Waals surface area (Å²) < 4.78 is 0. The molecule has 1 saturated carbocycles. The van der Waals surface area contributed by atoms with Crippen LogP contribution in [-0.4, -0.2) is 6.72 Å². The number of aliphatic imine (C=N–C) groups is 1. The second-order valence-electron chi connectivity index (χ2n) is 4.80. The molecule has 1 nitrogen and oxygen atoms in total. The SMILES string of the molecule is C=NC(=C1CC1)C(C(C)C)C(C)CC. The molecule has 0 aliphatic heterocycles. The summed E-state index contributed by atoms with van der Waals surface area (Å²) in [5.41, 5.74) is 2.87. The molecule has 1 heteroatoms. The molecule has 0 spiro atoms. The van der Waals surface area contributed by atoms with Gasteiger partial charge in [-0.2, -0.15) is 0 Å². The molecule has 2 atom stereocenters. The Morgan fingerprint density at radius 3 is 2.21 bits per heavy atom. The highest BCUT2D eigenvalue weighted by molar-refractivity contribution is 5.36. The van der Waals surface area contributed by atoms with Crippen molar-refractivity contribution in [2.24, 2.45) is 22.7 Å². The fourth-order valence-electron chi connectivity index (χ4n) is 2.27. The van der Waals surface area contributed by atoms with Gasteiger partial charge in [0.2, 0.25) is 0 Å². The molecule has 0 aromatic carbocycles. The Morgan fingerprint density at radius 2 is 1.93 bits per heavy atom. The minimum Gasteiger partial charge on any atom is -0.269 e. The minimum atomic E-state index is 0.620. The van der Waals surface area contributed by atoms with Gasteiger partial charge < -0.3 is 0 Å². The van der Waals surface area contributed by atoms with Crippen molar-refractivity contribution in [2.75, 3.05) is 0 Å². The molecule has 2 unspecified atom stereocenters. The molecule has 0 bridgehead atoms. The minimum absolute atomic E-state index is 0.620. The van der Waals surface area contributed by atoms with Gasteiger partial charge in [0.15, 0.2) is 0 Å². The molecule has 1 rings (SSSR count). The molecule has 0 N–H and O–H groups in total.